The summed E-state index contributed by atoms with van der Waals surface area (Å²) in [6, 6.07) is 12.8. The molecule has 28 heavy (non-hydrogen) atoms. The van der Waals surface area contributed by atoms with Gasteiger partial charge in [-0.05, 0) is 30.7 Å². The van der Waals surface area contributed by atoms with Crippen LogP contribution in [0, 0.1) is 0 Å². The van der Waals surface area contributed by atoms with Crippen molar-refractivity contribution in [1.82, 2.24) is 14.8 Å². The summed E-state index contributed by atoms with van der Waals surface area (Å²) in [4.78, 5) is 9.49. The van der Waals surface area contributed by atoms with Crippen LogP contribution in [0.15, 0.2) is 47.6 Å². The van der Waals surface area contributed by atoms with Crippen molar-refractivity contribution < 1.29 is 4.74 Å². The number of benzene rings is 1. The van der Waals surface area contributed by atoms with Crippen molar-refractivity contribution in [3.05, 3.63) is 53.9 Å². The Bertz CT molecular complexity index is 755. The lowest BCUT2D eigenvalue weighted by Gasteiger charge is -2.30. The molecule has 3 rings (SSSR count). The monoisotopic (exact) mass is 497 g/mol. The standard InChI is InChI=1S/C21H31N5O.HI/c1-4-22-21(25(3)17-19-9-7-11-24(19)2)23-16-18-8-5-6-10-20(18)26-12-14-27-15-13-26;/h5-11H,4,12-17H2,1-3H3,(H,22,23);1H. The first-order chi connectivity index (χ1) is 13.2. The zero-order chi connectivity index (χ0) is 19.1. The fourth-order valence-electron chi connectivity index (χ4n) is 3.37. The summed E-state index contributed by atoms with van der Waals surface area (Å²) in [6.45, 7) is 7.89. The number of para-hydroxylation sites is 1. The minimum Gasteiger partial charge on any atom is -0.378 e. The van der Waals surface area contributed by atoms with Gasteiger partial charge in [0.1, 0.15) is 0 Å². The van der Waals surface area contributed by atoms with E-state index in [9.17, 15) is 0 Å². The Balaban J connectivity index is 0.00000280. The Morgan fingerprint density at radius 2 is 1.93 bits per heavy atom. The average molecular weight is 497 g/mol. The molecule has 1 aliphatic rings. The van der Waals surface area contributed by atoms with Gasteiger partial charge < -0.3 is 24.4 Å². The summed E-state index contributed by atoms with van der Waals surface area (Å²) in [5, 5.41) is 3.42. The summed E-state index contributed by atoms with van der Waals surface area (Å²) in [5.41, 5.74) is 3.78. The van der Waals surface area contributed by atoms with E-state index in [1.165, 1.54) is 16.9 Å². The van der Waals surface area contributed by atoms with Gasteiger partial charge >= 0.3 is 0 Å². The summed E-state index contributed by atoms with van der Waals surface area (Å²) in [7, 11) is 4.16. The molecule has 0 bridgehead atoms. The molecule has 6 nitrogen and oxygen atoms in total. The summed E-state index contributed by atoms with van der Waals surface area (Å²) < 4.78 is 7.64. The average Bonchev–Trinajstić information content (AvgIpc) is 3.10. The maximum atomic E-state index is 5.49. The maximum Gasteiger partial charge on any atom is 0.194 e. The number of morpholine rings is 1. The number of hydrogen-bond acceptors (Lipinski definition) is 3. The number of nitrogens with zero attached hydrogens (tertiary/aromatic N) is 4. The van der Waals surface area contributed by atoms with Gasteiger partial charge in [0.15, 0.2) is 5.96 Å². The van der Waals surface area contributed by atoms with Crippen molar-refractivity contribution in [2.24, 2.45) is 12.0 Å². The molecule has 1 fully saturated rings. The Morgan fingerprint density at radius 3 is 2.61 bits per heavy atom. The molecule has 0 saturated carbocycles. The van der Waals surface area contributed by atoms with Crippen LogP contribution in [-0.2, 0) is 24.9 Å². The number of halogens is 1. The highest BCUT2D eigenvalue weighted by Crippen LogP contribution is 2.22. The lowest BCUT2D eigenvalue weighted by atomic mass is 10.1. The SMILES string of the molecule is CCNC(=NCc1ccccc1N1CCOCC1)N(C)Cc1cccn1C.I. The van der Waals surface area contributed by atoms with Gasteiger partial charge in [0, 0.05) is 51.3 Å². The van der Waals surface area contributed by atoms with E-state index >= 15 is 0 Å². The minimum atomic E-state index is 0. The van der Waals surface area contributed by atoms with Gasteiger partial charge in [-0.2, -0.15) is 0 Å². The number of hydrogen-bond donors (Lipinski definition) is 1. The van der Waals surface area contributed by atoms with E-state index in [1.54, 1.807) is 0 Å². The smallest absolute Gasteiger partial charge is 0.194 e. The molecule has 1 aromatic carbocycles. The first-order valence-corrected chi connectivity index (χ1v) is 9.69. The van der Waals surface area contributed by atoms with Gasteiger partial charge in [0.2, 0.25) is 0 Å². The van der Waals surface area contributed by atoms with Crippen LogP contribution in [0.25, 0.3) is 0 Å². The van der Waals surface area contributed by atoms with Gasteiger partial charge in [-0.25, -0.2) is 4.99 Å². The van der Waals surface area contributed by atoms with Crippen LogP contribution < -0.4 is 10.2 Å². The maximum absolute atomic E-state index is 5.49. The molecule has 154 valence electrons. The number of rotatable bonds is 6. The van der Waals surface area contributed by atoms with E-state index in [4.69, 9.17) is 9.73 Å². The van der Waals surface area contributed by atoms with Crippen LogP contribution in [-0.4, -0.2) is 55.3 Å². The third-order valence-corrected chi connectivity index (χ3v) is 4.89. The molecular weight excluding hydrogens is 465 g/mol. The van der Waals surface area contributed by atoms with Gasteiger partial charge in [-0.15, -0.1) is 24.0 Å². The van der Waals surface area contributed by atoms with Crippen molar-refractivity contribution >= 4 is 35.6 Å². The number of aromatic nitrogens is 1. The lowest BCUT2D eigenvalue weighted by molar-refractivity contribution is 0.122. The Labute approximate surface area is 185 Å². The summed E-state index contributed by atoms with van der Waals surface area (Å²) >= 11 is 0. The van der Waals surface area contributed by atoms with E-state index in [-0.39, 0.29) is 24.0 Å². The largest absolute Gasteiger partial charge is 0.378 e. The second-order valence-corrected chi connectivity index (χ2v) is 6.86. The van der Waals surface area contributed by atoms with Crippen molar-refractivity contribution in [2.75, 3.05) is 44.8 Å². The van der Waals surface area contributed by atoms with Crippen LogP contribution in [0.5, 0.6) is 0 Å². The topological polar surface area (TPSA) is 45.0 Å². The molecule has 0 amide bonds. The van der Waals surface area contributed by atoms with E-state index < -0.39 is 0 Å². The van der Waals surface area contributed by atoms with E-state index in [1.807, 2.05) is 0 Å². The number of aliphatic imine (C=N–C) groups is 1. The highest BCUT2D eigenvalue weighted by molar-refractivity contribution is 14.0. The number of guanidine groups is 1. The number of anilines is 1. The summed E-state index contributed by atoms with van der Waals surface area (Å²) in [6.07, 6.45) is 2.08. The third-order valence-electron chi connectivity index (χ3n) is 4.89. The molecule has 2 heterocycles. The molecule has 0 spiro atoms. The molecular formula is C21H32IN5O. The van der Waals surface area contributed by atoms with Gasteiger partial charge in [-0.3, -0.25) is 0 Å². The lowest BCUT2D eigenvalue weighted by Crippen LogP contribution is -2.39. The second-order valence-electron chi connectivity index (χ2n) is 6.86. The molecule has 0 aliphatic carbocycles. The first kappa shape index (κ1) is 22.5. The predicted octanol–water partition coefficient (Wildman–Crippen LogP) is 3.08. The molecule has 0 unspecified atom stereocenters. The van der Waals surface area contributed by atoms with E-state index in [0.29, 0.717) is 6.54 Å². The molecule has 0 atom stereocenters. The second kappa shape index (κ2) is 11.3. The van der Waals surface area contributed by atoms with Crippen molar-refractivity contribution in [3.63, 3.8) is 0 Å². The van der Waals surface area contributed by atoms with Gasteiger partial charge in [0.25, 0.3) is 0 Å². The van der Waals surface area contributed by atoms with Crippen molar-refractivity contribution in [2.45, 2.75) is 20.0 Å². The molecule has 2 aromatic rings. The summed E-state index contributed by atoms with van der Waals surface area (Å²) in [5.74, 6) is 0.926. The molecule has 1 aromatic heterocycles. The number of nitrogens with one attached hydrogen (secondary N) is 1. The zero-order valence-electron chi connectivity index (χ0n) is 17.1. The third kappa shape index (κ3) is 5.88. The van der Waals surface area contributed by atoms with E-state index in [0.717, 1.165) is 45.4 Å². The zero-order valence-corrected chi connectivity index (χ0v) is 19.4. The molecule has 1 N–H and O–H groups in total. The quantitative estimate of drug-likeness (QED) is 0.379. The van der Waals surface area contributed by atoms with Crippen molar-refractivity contribution in [1.29, 1.82) is 0 Å². The fourth-order valence-corrected chi connectivity index (χ4v) is 3.37. The highest BCUT2D eigenvalue weighted by Gasteiger charge is 2.15. The Hall–Kier alpha value is -1.74. The molecule has 1 saturated heterocycles. The highest BCUT2D eigenvalue weighted by atomic mass is 127. The fraction of sp³-hybridized carbons (Fsp3) is 0.476. The van der Waals surface area contributed by atoms with Crippen LogP contribution in [0.4, 0.5) is 5.69 Å². The normalized spacial score (nSPS) is 14.5. The van der Waals surface area contributed by atoms with Crippen LogP contribution in [0.3, 0.4) is 0 Å². The molecule has 1 aliphatic heterocycles. The van der Waals surface area contributed by atoms with E-state index in [2.05, 4.69) is 83.3 Å². The number of ether oxygens (including phenoxy) is 1. The molecule has 0 radical (unpaired) electrons. The van der Waals surface area contributed by atoms with Gasteiger partial charge in [0.05, 0.1) is 26.3 Å². The first-order valence-electron chi connectivity index (χ1n) is 9.69. The van der Waals surface area contributed by atoms with Crippen molar-refractivity contribution in [3.8, 4) is 0 Å². The Kier molecular flexibility index (Phi) is 9.11. The number of aryl methyl sites for hydroxylation is 1. The van der Waals surface area contributed by atoms with Crippen LogP contribution >= 0.6 is 24.0 Å². The van der Waals surface area contributed by atoms with Crippen LogP contribution in [0.1, 0.15) is 18.2 Å². The van der Waals surface area contributed by atoms with Gasteiger partial charge in [-0.1, -0.05) is 18.2 Å². The van der Waals surface area contributed by atoms with Crippen LogP contribution in [0.2, 0.25) is 0 Å². The molecule has 7 heteroatoms. The predicted molar refractivity (Wildman–Crippen MR) is 127 cm³/mol. The Morgan fingerprint density at radius 1 is 1.18 bits per heavy atom. The minimum absolute atomic E-state index is 0.